The van der Waals surface area contributed by atoms with Gasteiger partial charge < -0.3 is 9.64 Å². The van der Waals surface area contributed by atoms with Crippen LogP contribution in [-0.4, -0.2) is 42.5 Å². The third-order valence-electron chi connectivity index (χ3n) is 4.00. The van der Waals surface area contributed by atoms with Crippen molar-refractivity contribution in [1.29, 1.82) is 0 Å². The summed E-state index contributed by atoms with van der Waals surface area (Å²) in [4.78, 5) is 14.2. The van der Waals surface area contributed by atoms with Crippen molar-refractivity contribution in [2.24, 2.45) is 11.3 Å². The molecule has 1 unspecified atom stereocenters. The summed E-state index contributed by atoms with van der Waals surface area (Å²) in [5.74, 6) is 1.17. The molecule has 1 atom stereocenters. The van der Waals surface area contributed by atoms with Crippen LogP contribution in [0.2, 0.25) is 0 Å². The highest BCUT2D eigenvalue weighted by Gasteiger charge is 2.52. The Kier molecular flexibility index (Phi) is 3.99. The molecule has 1 saturated carbocycles. The van der Waals surface area contributed by atoms with E-state index in [1.165, 1.54) is 0 Å². The molecule has 1 aliphatic carbocycles. The average Bonchev–Trinajstić information content (AvgIpc) is 2.95. The molecule has 2 aliphatic rings. The lowest BCUT2D eigenvalue weighted by atomic mass is 10.1. The van der Waals surface area contributed by atoms with E-state index in [0.717, 1.165) is 32.4 Å². The van der Waals surface area contributed by atoms with Gasteiger partial charge in [-0.15, -0.1) is 11.6 Å². The Morgan fingerprint density at radius 1 is 1.41 bits per heavy atom. The molecule has 98 valence electrons. The second kappa shape index (κ2) is 5.15. The Morgan fingerprint density at radius 3 is 2.47 bits per heavy atom. The van der Waals surface area contributed by atoms with E-state index < -0.39 is 0 Å². The molecule has 1 heterocycles. The number of carbonyl (C=O) groups is 1. The lowest BCUT2D eigenvalue weighted by Crippen LogP contribution is -2.42. The molecule has 2 fully saturated rings. The molecule has 1 amide bonds. The van der Waals surface area contributed by atoms with E-state index in [-0.39, 0.29) is 11.3 Å². The third kappa shape index (κ3) is 3.14. The van der Waals surface area contributed by atoms with Crippen molar-refractivity contribution in [2.45, 2.75) is 39.2 Å². The van der Waals surface area contributed by atoms with Gasteiger partial charge in [-0.3, -0.25) is 4.79 Å². The summed E-state index contributed by atoms with van der Waals surface area (Å²) >= 11 is 5.59. The minimum atomic E-state index is 0.239. The smallest absolute Gasteiger partial charge is 0.226 e. The molecule has 0 N–H and O–H groups in total. The molecule has 0 radical (unpaired) electrons. The van der Waals surface area contributed by atoms with Gasteiger partial charge in [-0.05, 0) is 24.7 Å². The van der Waals surface area contributed by atoms with Crippen LogP contribution in [0.3, 0.4) is 0 Å². The van der Waals surface area contributed by atoms with E-state index in [2.05, 4.69) is 13.8 Å². The molecule has 0 aromatic heterocycles. The van der Waals surface area contributed by atoms with Crippen molar-refractivity contribution in [3.63, 3.8) is 0 Å². The van der Waals surface area contributed by atoms with Crippen LogP contribution in [0.1, 0.15) is 33.1 Å². The van der Waals surface area contributed by atoms with Gasteiger partial charge in [0.1, 0.15) is 0 Å². The number of amides is 1. The fourth-order valence-corrected chi connectivity index (χ4v) is 2.65. The second-order valence-electron chi connectivity index (χ2n) is 5.83. The standard InChI is InChI=1S/C13H22ClNO2/c1-13(2)9-11(13)12(16)15-6-3-10(4-7-15)17-8-5-14/h10-11H,3-9H2,1-2H3. The summed E-state index contributed by atoms with van der Waals surface area (Å²) in [5, 5.41) is 0. The fourth-order valence-electron chi connectivity index (χ4n) is 2.56. The lowest BCUT2D eigenvalue weighted by molar-refractivity contribution is -0.135. The largest absolute Gasteiger partial charge is 0.377 e. The molecule has 17 heavy (non-hydrogen) atoms. The molecule has 1 saturated heterocycles. The Hall–Kier alpha value is -0.280. The van der Waals surface area contributed by atoms with Gasteiger partial charge in [0.15, 0.2) is 0 Å². The first-order valence-corrected chi connectivity index (χ1v) is 7.04. The summed E-state index contributed by atoms with van der Waals surface area (Å²) in [5.41, 5.74) is 0.239. The predicted octanol–water partition coefficient (Wildman–Crippen LogP) is 2.28. The third-order valence-corrected chi connectivity index (χ3v) is 4.15. The van der Waals surface area contributed by atoms with Crippen LogP contribution in [0.4, 0.5) is 0 Å². The number of ether oxygens (including phenoxy) is 1. The zero-order valence-electron chi connectivity index (χ0n) is 10.7. The average molecular weight is 260 g/mol. The van der Waals surface area contributed by atoms with E-state index in [1.807, 2.05) is 4.90 Å². The zero-order valence-corrected chi connectivity index (χ0v) is 11.5. The summed E-state index contributed by atoms with van der Waals surface area (Å²) < 4.78 is 5.61. The first-order chi connectivity index (χ1) is 8.04. The number of hydrogen-bond acceptors (Lipinski definition) is 2. The summed E-state index contributed by atoms with van der Waals surface area (Å²) in [6.45, 7) is 6.66. The number of nitrogens with zero attached hydrogens (tertiary/aromatic N) is 1. The fraction of sp³-hybridized carbons (Fsp3) is 0.923. The summed E-state index contributed by atoms with van der Waals surface area (Å²) in [6.07, 6.45) is 3.25. The molecular weight excluding hydrogens is 238 g/mol. The minimum Gasteiger partial charge on any atom is -0.377 e. The molecule has 0 spiro atoms. The van der Waals surface area contributed by atoms with Crippen LogP contribution in [0.15, 0.2) is 0 Å². The van der Waals surface area contributed by atoms with Gasteiger partial charge in [0, 0.05) is 24.9 Å². The molecule has 0 aromatic rings. The van der Waals surface area contributed by atoms with Crippen LogP contribution >= 0.6 is 11.6 Å². The number of halogens is 1. The van der Waals surface area contributed by atoms with Crippen molar-refractivity contribution in [1.82, 2.24) is 4.90 Å². The maximum Gasteiger partial charge on any atom is 0.226 e. The van der Waals surface area contributed by atoms with Crippen molar-refractivity contribution in [3.8, 4) is 0 Å². The number of carbonyl (C=O) groups excluding carboxylic acids is 1. The van der Waals surface area contributed by atoms with E-state index in [0.29, 0.717) is 24.5 Å². The number of piperidine rings is 1. The molecule has 1 aliphatic heterocycles. The van der Waals surface area contributed by atoms with E-state index in [4.69, 9.17) is 16.3 Å². The number of hydrogen-bond donors (Lipinski definition) is 0. The molecule has 2 rings (SSSR count). The van der Waals surface area contributed by atoms with E-state index in [9.17, 15) is 4.79 Å². The Labute approximate surface area is 108 Å². The lowest BCUT2D eigenvalue weighted by Gasteiger charge is -2.32. The second-order valence-corrected chi connectivity index (χ2v) is 6.21. The van der Waals surface area contributed by atoms with Crippen LogP contribution in [0.25, 0.3) is 0 Å². The summed E-state index contributed by atoms with van der Waals surface area (Å²) in [7, 11) is 0. The van der Waals surface area contributed by atoms with Crippen molar-refractivity contribution in [3.05, 3.63) is 0 Å². The zero-order chi connectivity index (χ0) is 12.5. The Bertz CT molecular complexity index is 285. The van der Waals surface area contributed by atoms with Crippen molar-refractivity contribution < 1.29 is 9.53 Å². The Balaban J connectivity index is 1.74. The van der Waals surface area contributed by atoms with Crippen molar-refractivity contribution in [2.75, 3.05) is 25.6 Å². The number of alkyl halides is 1. The first kappa shape index (κ1) is 13.2. The number of likely N-dealkylation sites (tertiary alicyclic amines) is 1. The molecule has 0 aromatic carbocycles. The van der Waals surface area contributed by atoms with Gasteiger partial charge in [-0.1, -0.05) is 13.8 Å². The van der Waals surface area contributed by atoms with Crippen molar-refractivity contribution >= 4 is 17.5 Å². The van der Waals surface area contributed by atoms with Gasteiger partial charge in [-0.2, -0.15) is 0 Å². The highest BCUT2D eigenvalue weighted by molar-refractivity contribution is 6.17. The van der Waals surface area contributed by atoms with Crippen LogP contribution in [0.5, 0.6) is 0 Å². The highest BCUT2D eigenvalue weighted by Crippen LogP contribution is 2.52. The minimum absolute atomic E-state index is 0.239. The topological polar surface area (TPSA) is 29.5 Å². The quantitative estimate of drug-likeness (QED) is 0.725. The maximum absolute atomic E-state index is 12.2. The van der Waals surface area contributed by atoms with Gasteiger partial charge in [0.25, 0.3) is 0 Å². The highest BCUT2D eigenvalue weighted by atomic mass is 35.5. The maximum atomic E-state index is 12.2. The van der Waals surface area contributed by atoms with Crippen LogP contribution < -0.4 is 0 Å². The van der Waals surface area contributed by atoms with Gasteiger partial charge in [-0.25, -0.2) is 0 Å². The number of rotatable bonds is 4. The normalized spacial score (nSPS) is 28.2. The van der Waals surface area contributed by atoms with E-state index in [1.54, 1.807) is 0 Å². The summed E-state index contributed by atoms with van der Waals surface area (Å²) in [6, 6.07) is 0. The molecular formula is C13H22ClNO2. The van der Waals surface area contributed by atoms with Gasteiger partial charge >= 0.3 is 0 Å². The Morgan fingerprint density at radius 2 is 2.00 bits per heavy atom. The SMILES string of the molecule is CC1(C)CC1C(=O)N1CCC(OCCCl)CC1. The van der Waals surface area contributed by atoms with Crippen LogP contribution in [0, 0.1) is 11.3 Å². The molecule has 0 bridgehead atoms. The molecule has 4 heteroatoms. The van der Waals surface area contributed by atoms with Crippen LogP contribution in [-0.2, 0) is 9.53 Å². The van der Waals surface area contributed by atoms with E-state index >= 15 is 0 Å². The molecule has 3 nitrogen and oxygen atoms in total. The first-order valence-electron chi connectivity index (χ1n) is 6.51. The van der Waals surface area contributed by atoms with Gasteiger partial charge in [0.05, 0.1) is 12.7 Å². The monoisotopic (exact) mass is 259 g/mol. The van der Waals surface area contributed by atoms with Gasteiger partial charge in [0.2, 0.25) is 5.91 Å². The predicted molar refractivity (Wildman–Crippen MR) is 68.2 cm³/mol.